The number of hydrogen-bond acceptors (Lipinski definition) is 7. The van der Waals surface area contributed by atoms with Crippen LogP contribution in [0.5, 0.6) is 5.88 Å². The van der Waals surface area contributed by atoms with Crippen molar-refractivity contribution in [2.75, 3.05) is 16.4 Å². The highest BCUT2D eigenvalue weighted by Crippen LogP contribution is 2.32. The van der Waals surface area contributed by atoms with E-state index in [9.17, 15) is 4.79 Å². The van der Waals surface area contributed by atoms with Crippen molar-refractivity contribution < 1.29 is 9.53 Å². The van der Waals surface area contributed by atoms with Crippen LogP contribution in [0.2, 0.25) is 0 Å². The van der Waals surface area contributed by atoms with Crippen LogP contribution < -0.4 is 21.1 Å². The van der Waals surface area contributed by atoms with E-state index in [0.717, 1.165) is 46.6 Å². The molecule has 1 fully saturated rings. The van der Waals surface area contributed by atoms with Gasteiger partial charge in [-0.25, -0.2) is 9.97 Å². The summed E-state index contributed by atoms with van der Waals surface area (Å²) in [5.41, 5.74) is 10.9. The van der Waals surface area contributed by atoms with Crippen molar-refractivity contribution in [1.82, 2.24) is 14.4 Å². The number of nitrogen functional groups attached to an aromatic ring is 1. The summed E-state index contributed by atoms with van der Waals surface area (Å²) >= 11 is 1.50. The number of carbonyl (C=O) groups excluding carboxylic acids is 1. The molecule has 3 heterocycles. The Morgan fingerprint density at radius 3 is 2.67 bits per heavy atom. The molecule has 1 aliphatic rings. The number of amides is 1. The molecule has 0 aliphatic heterocycles. The number of benzene rings is 2. The molecule has 0 saturated heterocycles. The first-order valence-corrected chi connectivity index (χ1v) is 12.6. The monoisotopic (exact) mass is 496 g/mol. The number of carbonyl (C=O) groups is 1. The van der Waals surface area contributed by atoms with Crippen LogP contribution in [-0.2, 0) is 0 Å². The summed E-state index contributed by atoms with van der Waals surface area (Å²) < 4.78 is 8.22. The first-order valence-electron chi connectivity index (χ1n) is 11.8. The maximum Gasteiger partial charge on any atom is 0.255 e. The second kappa shape index (κ2) is 9.35. The molecular formula is C27H24N6O2S. The van der Waals surface area contributed by atoms with Crippen molar-refractivity contribution in [3.8, 4) is 17.3 Å². The first-order chi connectivity index (χ1) is 17.6. The Morgan fingerprint density at radius 2 is 1.89 bits per heavy atom. The molecule has 3 aromatic heterocycles. The number of hydrogen-bond donors (Lipinski definition) is 3. The highest BCUT2D eigenvalue weighted by atomic mass is 32.1. The Kier molecular flexibility index (Phi) is 5.74. The quantitative estimate of drug-likeness (QED) is 0.240. The predicted molar refractivity (Wildman–Crippen MR) is 143 cm³/mol. The molecule has 8 nitrogen and oxygen atoms in total. The molecule has 0 spiro atoms. The van der Waals surface area contributed by atoms with Crippen molar-refractivity contribution >= 4 is 45.1 Å². The Balaban J connectivity index is 1.17. The highest BCUT2D eigenvalue weighted by molar-refractivity contribution is 7.14. The fourth-order valence-electron chi connectivity index (χ4n) is 4.02. The summed E-state index contributed by atoms with van der Waals surface area (Å²) in [4.78, 5) is 21.9. The third kappa shape index (κ3) is 4.36. The molecule has 180 valence electrons. The number of imidazole rings is 1. The number of thiazole rings is 1. The minimum absolute atomic E-state index is 0.219. The van der Waals surface area contributed by atoms with E-state index in [4.69, 9.17) is 15.5 Å². The molecule has 6 rings (SSSR count). The van der Waals surface area contributed by atoms with Gasteiger partial charge in [-0.05, 0) is 67.8 Å². The van der Waals surface area contributed by atoms with Gasteiger partial charge in [0.25, 0.3) is 5.91 Å². The van der Waals surface area contributed by atoms with Crippen LogP contribution in [0.1, 0.15) is 29.6 Å². The highest BCUT2D eigenvalue weighted by Gasteiger charge is 2.21. The lowest BCUT2D eigenvalue weighted by molar-refractivity contribution is 0.102. The second-order valence-electron chi connectivity index (χ2n) is 8.65. The third-order valence-electron chi connectivity index (χ3n) is 6.21. The molecule has 9 heteroatoms. The van der Waals surface area contributed by atoms with Crippen LogP contribution in [0.25, 0.3) is 17.0 Å². The van der Waals surface area contributed by atoms with E-state index in [-0.39, 0.29) is 12.0 Å². The van der Waals surface area contributed by atoms with E-state index in [0.29, 0.717) is 16.9 Å². The number of rotatable bonds is 7. The van der Waals surface area contributed by atoms with E-state index in [2.05, 4.69) is 15.6 Å². The number of para-hydroxylation sites is 2. The van der Waals surface area contributed by atoms with Crippen LogP contribution in [0.15, 0.2) is 78.3 Å². The van der Waals surface area contributed by atoms with Crippen LogP contribution >= 0.6 is 11.3 Å². The number of ether oxygens (including phenoxy) is 1. The summed E-state index contributed by atoms with van der Waals surface area (Å²) in [5, 5.41) is 8.90. The SMILES string of the molecule is Nc1ccccc1NC(=O)c1ccc(Nc2nc(-c3cnc4cccc(OC5CCC5)n34)cs2)cc1. The van der Waals surface area contributed by atoms with Gasteiger partial charge in [0.05, 0.1) is 23.3 Å². The lowest BCUT2D eigenvalue weighted by Gasteiger charge is -2.26. The van der Waals surface area contributed by atoms with Gasteiger partial charge in [-0.2, -0.15) is 0 Å². The van der Waals surface area contributed by atoms with E-state index in [1.807, 2.05) is 58.4 Å². The molecule has 36 heavy (non-hydrogen) atoms. The number of nitrogens with one attached hydrogen (secondary N) is 2. The van der Waals surface area contributed by atoms with Gasteiger partial charge >= 0.3 is 0 Å². The Morgan fingerprint density at radius 1 is 1.06 bits per heavy atom. The van der Waals surface area contributed by atoms with Crippen molar-refractivity contribution in [3.05, 3.63) is 83.9 Å². The van der Waals surface area contributed by atoms with Crippen LogP contribution in [0, 0.1) is 0 Å². The molecule has 1 saturated carbocycles. The molecule has 4 N–H and O–H groups in total. The number of nitrogens with zero attached hydrogens (tertiary/aromatic N) is 3. The van der Waals surface area contributed by atoms with E-state index < -0.39 is 0 Å². The number of pyridine rings is 1. The molecule has 0 bridgehead atoms. The number of aromatic nitrogens is 3. The summed E-state index contributed by atoms with van der Waals surface area (Å²) in [6, 6.07) is 20.3. The topological polar surface area (TPSA) is 107 Å². The Hall–Kier alpha value is -4.37. The van der Waals surface area contributed by atoms with Crippen molar-refractivity contribution in [1.29, 1.82) is 0 Å². The van der Waals surface area contributed by atoms with E-state index in [1.54, 1.807) is 24.3 Å². The molecule has 5 aromatic rings. The number of anilines is 4. The van der Waals surface area contributed by atoms with Gasteiger partial charge in [0, 0.05) is 16.6 Å². The summed E-state index contributed by atoms with van der Waals surface area (Å²) in [7, 11) is 0. The van der Waals surface area contributed by atoms with Crippen molar-refractivity contribution in [2.45, 2.75) is 25.4 Å². The van der Waals surface area contributed by atoms with Gasteiger partial charge < -0.3 is 21.1 Å². The lowest BCUT2D eigenvalue weighted by atomic mass is 9.96. The second-order valence-corrected chi connectivity index (χ2v) is 9.51. The zero-order valence-electron chi connectivity index (χ0n) is 19.3. The fraction of sp³-hybridized carbons (Fsp3) is 0.148. The molecule has 0 atom stereocenters. The van der Waals surface area contributed by atoms with Gasteiger partial charge in [-0.1, -0.05) is 18.2 Å². The maximum absolute atomic E-state index is 12.6. The minimum Gasteiger partial charge on any atom is -0.475 e. The molecule has 0 radical (unpaired) electrons. The predicted octanol–water partition coefficient (Wildman–Crippen LogP) is 5.97. The van der Waals surface area contributed by atoms with Gasteiger partial charge in [0.1, 0.15) is 17.4 Å². The largest absolute Gasteiger partial charge is 0.475 e. The maximum atomic E-state index is 12.6. The normalized spacial score (nSPS) is 13.3. The Bertz CT molecular complexity index is 1540. The molecule has 2 aromatic carbocycles. The molecule has 0 unspecified atom stereocenters. The summed E-state index contributed by atoms with van der Waals surface area (Å²) in [5.74, 6) is 0.571. The van der Waals surface area contributed by atoms with Crippen LogP contribution in [0.4, 0.5) is 22.2 Å². The minimum atomic E-state index is -0.219. The van der Waals surface area contributed by atoms with Crippen molar-refractivity contribution in [3.63, 3.8) is 0 Å². The van der Waals surface area contributed by atoms with Crippen LogP contribution in [-0.4, -0.2) is 26.4 Å². The standard InChI is InChI=1S/C27H24N6O2S/c28-20-7-1-2-8-21(20)31-26(34)17-11-13-18(14-12-17)30-27-32-22(16-36-27)23-15-29-24-9-4-10-25(33(23)24)35-19-5-3-6-19/h1-2,4,7-16,19H,3,5-6,28H2,(H,30,32)(H,31,34). The molecule has 1 amide bonds. The fourth-order valence-corrected chi connectivity index (χ4v) is 4.75. The van der Waals surface area contributed by atoms with E-state index >= 15 is 0 Å². The molecule has 1 aliphatic carbocycles. The Labute approximate surface area is 211 Å². The average Bonchev–Trinajstić information content (AvgIpc) is 3.50. The lowest BCUT2D eigenvalue weighted by Crippen LogP contribution is -2.25. The number of fused-ring (bicyclic) bond motifs is 1. The zero-order valence-corrected chi connectivity index (χ0v) is 20.2. The van der Waals surface area contributed by atoms with Crippen LogP contribution in [0.3, 0.4) is 0 Å². The average molecular weight is 497 g/mol. The van der Waals surface area contributed by atoms with Gasteiger partial charge in [0.15, 0.2) is 11.0 Å². The first kappa shape index (κ1) is 22.1. The van der Waals surface area contributed by atoms with Gasteiger partial charge in [0.2, 0.25) is 0 Å². The van der Waals surface area contributed by atoms with E-state index in [1.165, 1.54) is 17.8 Å². The van der Waals surface area contributed by atoms with Gasteiger partial charge in [-0.15, -0.1) is 11.3 Å². The molecular weight excluding hydrogens is 472 g/mol. The number of nitrogens with two attached hydrogens (primary N) is 1. The van der Waals surface area contributed by atoms with Crippen molar-refractivity contribution in [2.24, 2.45) is 0 Å². The van der Waals surface area contributed by atoms with Gasteiger partial charge in [-0.3, -0.25) is 9.20 Å². The summed E-state index contributed by atoms with van der Waals surface area (Å²) in [6.07, 6.45) is 5.49. The third-order valence-corrected chi connectivity index (χ3v) is 6.96. The zero-order chi connectivity index (χ0) is 24.5. The summed E-state index contributed by atoms with van der Waals surface area (Å²) in [6.45, 7) is 0. The smallest absolute Gasteiger partial charge is 0.255 e.